The van der Waals surface area contributed by atoms with Gasteiger partial charge in [0, 0.05) is 19.4 Å². The van der Waals surface area contributed by atoms with Crippen LogP contribution in [0.15, 0.2) is 30.3 Å². The summed E-state index contributed by atoms with van der Waals surface area (Å²) in [6.07, 6.45) is 31.7. The number of hydrogen-bond donors (Lipinski definition) is 2. The Morgan fingerprint density at radius 2 is 0.976 bits per heavy atom. The third kappa shape index (κ3) is 23.4. The second-order valence-corrected chi connectivity index (χ2v) is 12.3. The first kappa shape index (κ1) is 37.2. The molecule has 236 valence electrons. The zero-order valence-corrected chi connectivity index (χ0v) is 27.2. The van der Waals surface area contributed by atoms with Crippen LogP contribution >= 0.6 is 0 Å². The fourth-order valence-electron chi connectivity index (χ4n) is 5.55. The molecule has 0 aliphatic heterocycles. The van der Waals surface area contributed by atoms with Crippen molar-refractivity contribution < 1.29 is 9.59 Å². The molecule has 0 aliphatic rings. The molecule has 1 atom stereocenters. The molecule has 4 nitrogen and oxygen atoms in total. The Labute approximate surface area is 254 Å². The van der Waals surface area contributed by atoms with Gasteiger partial charge in [0.1, 0.15) is 6.04 Å². The molecular weight excluding hydrogens is 504 g/mol. The van der Waals surface area contributed by atoms with Crippen LogP contribution in [-0.4, -0.2) is 24.4 Å². The fourth-order valence-corrected chi connectivity index (χ4v) is 5.55. The van der Waals surface area contributed by atoms with Crippen molar-refractivity contribution in [3.8, 4) is 0 Å². The van der Waals surface area contributed by atoms with Crippen molar-refractivity contribution >= 4 is 11.8 Å². The van der Waals surface area contributed by atoms with Crippen LogP contribution in [0.2, 0.25) is 0 Å². The zero-order chi connectivity index (χ0) is 29.6. The highest BCUT2D eigenvalue weighted by molar-refractivity contribution is 5.87. The van der Waals surface area contributed by atoms with Gasteiger partial charge in [-0.1, -0.05) is 179 Å². The molecule has 2 N–H and O–H groups in total. The van der Waals surface area contributed by atoms with Gasteiger partial charge in [-0.15, -0.1) is 0 Å². The van der Waals surface area contributed by atoms with Crippen LogP contribution < -0.4 is 10.6 Å². The number of amides is 2. The van der Waals surface area contributed by atoms with E-state index in [4.69, 9.17) is 0 Å². The molecule has 2 amide bonds. The van der Waals surface area contributed by atoms with Crippen molar-refractivity contribution in [1.29, 1.82) is 0 Å². The molecule has 0 spiro atoms. The van der Waals surface area contributed by atoms with E-state index in [0.29, 0.717) is 19.4 Å². The maximum Gasteiger partial charge on any atom is 0.242 e. The molecule has 0 aliphatic carbocycles. The molecule has 0 saturated heterocycles. The topological polar surface area (TPSA) is 58.2 Å². The summed E-state index contributed by atoms with van der Waals surface area (Å²) in [4.78, 5) is 25.1. The molecule has 0 bridgehead atoms. The van der Waals surface area contributed by atoms with E-state index in [1.165, 1.54) is 122 Å². The summed E-state index contributed by atoms with van der Waals surface area (Å²) in [7, 11) is 0. The van der Waals surface area contributed by atoms with Crippen LogP contribution in [0.4, 0.5) is 0 Å². The Hall–Kier alpha value is -1.84. The van der Waals surface area contributed by atoms with Crippen LogP contribution in [0.3, 0.4) is 0 Å². The van der Waals surface area contributed by atoms with Crippen LogP contribution in [0.1, 0.15) is 174 Å². The molecule has 0 radical (unpaired) electrons. The Bertz CT molecular complexity index is 721. The van der Waals surface area contributed by atoms with Crippen molar-refractivity contribution in [2.45, 2.75) is 180 Å². The molecule has 4 heteroatoms. The van der Waals surface area contributed by atoms with Crippen molar-refractivity contribution in [1.82, 2.24) is 10.6 Å². The monoisotopic (exact) mass is 571 g/mol. The summed E-state index contributed by atoms with van der Waals surface area (Å²) in [5.41, 5.74) is 1.07. The average molecular weight is 571 g/mol. The Morgan fingerprint density at radius 3 is 1.41 bits per heavy atom. The highest BCUT2D eigenvalue weighted by Crippen LogP contribution is 2.15. The van der Waals surface area contributed by atoms with Crippen LogP contribution in [0.5, 0.6) is 0 Å². The van der Waals surface area contributed by atoms with Crippen molar-refractivity contribution in [2.75, 3.05) is 6.54 Å². The summed E-state index contributed by atoms with van der Waals surface area (Å²) < 4.78 is 0. The number of hydrogen-bond acceptors (Lipinski definition) is 2. The molecule has 1 unspecified atom stereocenters. The Morgan fingerprint density at radius 1 is 0.561 bits per heavy atom. The molecule has 0 fully saturated rings. The first-order valence-electron chi connectivity index (χ1n) is 17.8. The maximum absolute atomic E-state index is 12.8. The maximum atomic E-state index is 12.8. The van der Waals surface area contributed by atoms with Crippen LogP contribution in [0, 0.1) is 0 Å². The van der Waals surface area contributed by atoms with Gasteiger partial charge in [0.05, 0.1) is 0 Å². The minimum atomic E-state index is -0.503. The minimum Gasteiger partial charge on any atom is -0.354 e. The van der Waals surface area contributed by atoms with E-state index in [9.17, 15) is 9.59 Å². The second-order valence-electron chi connectivity index (χ2n) is 12.3. The van der Waals surface area contributed by atoms with Gasteiger partial charge in [-0.2, -0.15) is 0 Å². The van der Waals surface area contributed by atoms with Crippen LogP contribution in [0.25, 0.3) is 0 Å². The van der Waals surface area contributed by atoms with Crippen LogP contribution in [-0.2, 0) is 16.0 Å². The number of benzene rings is 1. The molecule has 1 rings (SSSR count). The van der Waals surface area contributed by atoms with Gasteiger partial charge in [0.25, 0.3) is 0 Å². The van der Waals surface area contributed by atoms with Crippen molar-refractivity contribution in [3.63, 3.8) is 0 Å². The lowest BCUT2D eigenvalue weighted by Crippen LogP contribution is -2.48. The predicted octanol–water partition coefficient (Wildman–Crippen LogP) is 10.2. The third-order valence-electron chi connectivity index (χ3n) is 8.27. The minimum absolute atomic E-state index is 0.0305. The number of carbonyl (C=O) groups excluding carboxylic acids is 2. The number of unbranched alkanes of at least 4 members (excludes halogenated alkanes) is 21. The lowest BCUT2D eigenvalue weighted by Gasteiger charge is -2.19. The fraction of sp³-hybridized carbons (Fsp3) is 0.784. The lowest BCUT2D eigenvalue weighted by atomic mass is 10.0. The first-order chi connectivity index (χ1) is 20.2. The van der Waals surface area contributed by atoms with Gasteiger partial charge < -0.3 is 10.6 Å². The summed E-state index contributed by atoms with van der Waals surface area (Å²) in [5, 5.41) is 6.04. The molecular formula is C37H66N2O2. The third-order valence-corrected chi connectivity index (χ3v) is 8.27. The van der Waals surface area contributed by atoms with E-state index < -0.39 is 6.04 Å². The van der Waals surface area contributed by atoms with E-state index in [0.717, 1.165) is 31.2 Å². The van der Waals surface area contributed by atoms with E-state index in [1.807, 2.05) is 30.3 Å². The smallest absolute Gasteiger partial charge is 0.242 e. The summed E-state index contributed by atoms with van der Waals surface area (Å²) in [6.45, 7) is 5.05. The van der Waals surface area contributed by atoms with Gasteiger partial charge in [0.15, 0.2) is 0 Å². The molecule has 1 aromatic rings. The summed E-state index contributed by atoms with van der Waals surface area (Å²) in [6, 6.07) is 9.44. The number of nitrogens with one attached hydrogen (secondary N) is 2. The highest BCUT2D eigenvalue weighted by Gasteiger charge is 2.20. The molecule has 0 saturated carbocycles. The summed E-state index contributed by atoms with van der Waals surface area (Å²) >= 11 is 0. The van der Waals surface area contributed by atoms with E-state index in [2.05, 4.69) is 24.5 Å². The van der Waals surface area contributed by atoms with Gasteiger partial charge in [-0.05, 0) is 18.4 Å². The molecule has 1 aromatic carbocycles. The van der Waals surface area contributed by atoms with Gasteiger partial charge in [-0.25, -0.2) is 0 Å². The lowest BCUT2D eigenvalue weighted by molar-refractivity contribution is -0.129. The first-order valence-corrected chi connectivity index (χ1v) is 17.8. The highest BCUT2D eigenvalue weighted by atomic mass is 16.2. The Kier molecular flexibility index (Phi) is 25.7. The van der Waals surface area contributed by atoms with Crippen molar-refractivity contribution in [3.05, 3.63) is 35.9 Å². The zero-order valence-electron chi connectivity index (χ0n) is 27.2. The average Bonchev–Trinajstić information content (AvgIpc) is 2.98. The SMILES string of the molecule is CCCCCCCCCCCCCCCCCCCCCCCNC(=O)C(Cc1ccccc1)NC(=O)CCCC. The van der Waals surface area contributed by atoms with Crippen molar-refractivity contribution in [2.24, 2.45) is 0 Å². The second kappa shape index (κ2) is 28.3. The normalized spacial score (nSPS) is 11.9. The van der Waals surface area contributed by atoms with Gasteiger partial charge in [0.2, 0.25) is 11.8 Å². The quantitative estimate of drug-likeness (QED) is 0.0941. The molecule has 41 heavy (non-hydrogen) atoms. The standard InChI is InChI=1S/C37H66N2O2/c1-3-5-7-8-9-10-11-12-13-14-15-16-17-18-19-20-21-22-23-24-28-32-38-37(41)35(39-36(40)31-6-4-2)33-34-29-26-25-27-30-34/h25-27,29-30,35H,3-24,28,31-33H2,1-2H3,(H,38,41)(H,39,40). The van der Waals surface area contributed by atoms with Gasteiger partial charge in [-0.3, -0.25) is 9.59 Å². The predicted molar refractivity (Wildman–Crippen MR) is 177 cm³/mol. The largest absolute Gasteiger partial charge is 0.354 e. The van der Waals surface area contributed by atoms with Gasteiger partial charge >= 0.3 is 0 Å². The number of rotatable bonds is 29. The van der Waals surface area contributed by atoms with E-state index in [1.54, 1.807) is 0 Å². The molecule has 0 heterocycles. The van der Waals surface area contributed by atoms with E-state index >= 15 is 0 Å². The Balaban J connectivity index is 1.95. The summed E-state index contributed by atoms with van der Waals surface area (Å²) in [5.74, 6) is -0.0936. The van der Waals surface area contributed by atoms with E-state index in [-0.39, 0.29) is 11.8 Å². The number of carbonyl (C=O) groups is 2. The molecule has 0 aromatic heterocycles.